The van der Waals surface area contributed by atoms with E-state index in [1.807, 2.05) is 26.0 Å². The number of hydrogen-bond donors (Lipinski definition) is 1. The van der Waals surface area contributed by atoms with E-state index in [0.717, 1.165) is 13.0 Å². The summed E-state index contributed by atoms with van der Waals surface area (Å²) in [5.74, 6) is 0. The summed E-state index contributed by atoms with van der Waals surface area (Å²) in [4.78, 5) is 0. The fourth-order valence-electron chi connectivity index (χ4n) is 1.59. The average Bonchev–Trinajstić information content (AvgIpc) is 2.41. The maximum Gasteiger partial charge on any atom is 0.0745 e. The predicted molar refractivity (Wildman–Crippen MR) is 85.6 cm³/mol. The quantitative estimate of drug-likeness (QED) is 0.418. The van der Waals surface area contributed by atoms with E-state index in [0.29, 0.717) is 6.61 Å². The van der Waals surface area contributed by atoms with Gasteiger partial charge in [0.2, 0.25) is 0 Å². The van der Waals surface area contributed by atoms with E-state index in [4.69, 9.17) is 9.84 Å². The van der Waals surface area contributed by atoms with Crippen LogP contribution < -0.4 is 0 Å². The zero-order valence-corrected chi connectivity index (χ0v) is 13.7. The SMILES string of the molecule is CC=CC.CCCCCCCCCCOCC(C)O. The van der Waals surface area contributed by atoms with Crippen LogP contribution in [-0.2, 0) is 4.74 Å². The van der Waals surface area contributed by atoms with Crippen molar-refractivity contribution in [1.82, 2.24) is 0 Å². The molecule has 0 bridgehead atoms. The van der Waals surface area contributed by atoms with Gasteiger partial charge in [0.15, 0.2) is 0 Å². The maximum absolute atomic E-state index is 8.95. The minimum absolute atomic E-state index is 0.320. The van der Waals surface area contributed by atoms with Crippen molar-refractivity contribution in [3.8, 4) is 0 Å². The fourth-order valence-corrected chi connectivity index (χ4v) is 1.59. The molecule has 0 aromatic carbocycles. The van der Waals surface area contributed by atoms with Crippen molar-refractivity contribution in [2.24, 2.45) is 0 Å². The zero-order valence-electron chi connectivity index (χ0n) is 13.7. The molecular weight excluding hydrogens is 236 g/mol. The number of hydrogen-bond acceptors (Lipinski definition) is 2. The Balaban J connectivity index is 0. The van der Waals surface area contributed by atoms with Crippen molar-refractivity contribution < 1.29 is 9.84 Å². The Morgan fingerprint density at radius 1 is 0.895 bits per heavy atom. The van der Waals surface area contributed by atoms with E-state index < -0.39 is 0 Å². The molecule has 0 saturated carbocycles. The smallest absolute Gasteiger partial charge is 0.0745 e. The molecule has 19 heavy (non-hydrogen) atoms. The lowest BCUT2D eigenvalue weighted by Gasteiger charge is -2.05. The summed E-state index contributed by atoms with van der Waals surface area (Å²) in [5.41, 5.74) is 0. The highest BCUT2D eigenvalue weighted by atomic mass is 16.5. The van der Waals surface area contributed by atoms with Crippen molar-refractivity contribution in [3.05, 3.63) is 12.2 Å². The predicted octanol–water partition coefficient (Wildman–Crippen LogP) is 5.11. The highest BCUT2D eigenvalue weighted by molar-refractivity contribution is 4.68. The number of aliphatic hydroxyl groups is 1. The van der Waals surface area contributed by atoms with Gasteiger partial charge in [-0.15, -0.1) is 0 Å². The van der Waals surface area contributed by atoms with Crippen LogP contribution in [0, 0.1) is 0 Å². The molecule has 0 spiro atoms. The number of unbranched alkanes of at least 4 members (excludes halogenated alkanes) is 7. The molecule has 0 rings (SSSR count). The molecular formula is C17H36O2. The van der Waals surface area contributed by atoms with Crippen molar-refractivity contribution in [3.63, 3.8) is 0 Å². The molecule has 0 heterocycles. The van der Waals surface area contributed by atoms with Crippen LogP contribution in [0.2, 0.25) is 0 Å². The topological polar surface area (TPSA) is 29.5 Å². The van der Waals surface area contributed by atoms with Crippen molar-refractivity contribution >= 4 is 0 Å². The molecule has 0 aliphatic rings. The summed E-state index contributed by atoms with van der Waals surface area (Å²) in [7, 11) is 0. The van der Waals surface area contributed by atoms with Crippen LogP contribution in [0.5, 0.6) is 0 Å². The Kier molecular flexibility index (Phi) is 22.1. The van der Waals surface area contributed by atoms with Gasteiger partial charge in [-0.25, -0.2) is 0 Å². The monoisotopic (exact) mass is 272 g/mol. The van der Waals surface area contributed by atoms with Gasteiger partial charge >= 0.3 is 0 Å². The normalized spacial score (nSPS) is 12.3. The Bertz CT molecular complexity index is 161. The van der Waals surface area contributed by atoms with Gasteiger partial charge in [0.25, 0.3) is 0 Å². The molecule has 0 radical (unpaired) electrons. The number of allylic oxidation sites excluding steroid dienone is 2. The molecule has 0 aromatic rings. The molecule has 0 aliphatic carbocycles. The summed E-state index contributed by atoms with van der Waals surface area (Å²) in [6, 6.07) is 0. The minimum atomic E-state index is -0.320. The fraction of sp³-hybridized carbons (Fsp3) is 0.882. The molecule has 1 atom stereocenters. The summed E-state index contributed by atoms with van der Waals surface area (Å²) in [6.07, 6.45) is 14.3. The van der Waals surface area contributed by atoms with Crippen LogP contribution in [0.4, 0.5) is 0 Å². The Morgan fingerprint density at radius 2 is 1.37 bits per heavy atom. The van der Waals surface area contributed by atoms with Gasteiger partial charge in [0.05, 0.1) is 12.7 Å². The highest BCUT2D eigenvalue weighted by Gasteiger charge is 1.95. The first-order chi connectivity index (χ1) is 9.18. The third kappa shape index (κ3) is 27.0. The first kappa shape index (κ1) is 21.0. The van der Waals surface area contributed by atoms with E-state index in [1.54, 1.807) is 6.92 Å². The van der Waals surface area contributed by atoms with Crippen LogP contribution in [-0.4, -0.2) is 24.4 Å². The van der Waals surface area contributed by atoms with Gasteiger partial charge in [0.1, 0.15) is 0 Å². The summed E-state index contributed by atoms with van der Waals surface area (Å²) < 4.78 is 5.29. The number of aliphatic hydroxyl groups excluding tert-OH is 1. The lowest BCUT2D eigenvalue weighted by molar-refractivity contribution is 0.0445. The van der Waals surface area contributed by atoms with Crippen LogP contribution in [0.25, 0.3) is 0 Å². The van der Waals surface area contributed by atoms with Gasteiger partial charge < -0.3 is 9.84 Å². The van der Waals surface area contributed by atoms with Crippen LogP contribution >= 0.6 is 0 Å². The number of ether oxygens (including phenoxy) is 1. The van der Waals surface area contributed by atoms with E-state index in [2.05, 4.69) is 6.92 Å². The van der Waals surface area contributed by atoms with Gasteiger partial charge in [-0.3, -0.25) is 0 Å². The second kappa shape index (κ2) is 20.0. The summed E-state index contributed by atoms with van der Waals surface area (Å²) in [5, 5.41) is 8.95. The molecule has 0 fully saturated rings. The molecule has 0 aliphatic heterocycles. The molecule has 2 heteroatoms. The third-order valence-electron chi connectivity index (χ3n) is 2.83. The molecule has 2 nitrogen and oxygen atoms in total. The van der Waals surface area contributed by atoms with Crippen LogP contribution in [0.15, 0.2) is 12.2 Å². The number of rotatable bonds is 11. The maximum atomic E-state index is 8.95. The third-order valence-corrected chi connectivity index (χ3v) is 2.83. The first-order valence-electron chi connectivity index (χ1n) is 8.02. The largest absolute Gasteiger partial charge is 0.391 e. The Hall–Kier alpha value is -0.340. The lowest BCUT2D eigenvalue weighted by Crippen LogP contribution is -2.10. The van der Waals surface area contributed by atoms with Crippen LogP contribution in [0.3, 0.4) is 0 Å². The van der Waals surface area contributed by atoms with Crippen molar-refractivity contribution in [2.75, 3.05) is 13.2 Å². The minimum Gasteiger partial charge on any atom is -0.391 e. The lowest BCUT2D eigenvalue weighted by atomic mass is 10.1. The molecule has 0 aromatic heterocycles. The van der Waals surface area contributed by atoms with Crippen LogP contribution in [0.1, 0.15) is 79.1 Å². The van der Waals surface area contributed by atoms with Gasteiger partial charge in [-0.05, 0) is 27.2 Å². The highest BCUT2D eigenvalue weighted by Crippen LogP contribution is 2.08. The van der Waals surface area contributed by atoms with Crippen molar-refractivity contribution in [2.45, 2.75) is 85.2 Å². The van der Waals surface area contributed by atoms with Gasteiger partial charge in [-0.2, -0.15) is 0 Å². The summed E-state index contributed by atoms with van der Waals surface area (Å²) in [6.45, 7) is 9.30. The first-order valence-corrected chi connectivity index (χ1v) is 8.02. The van der Waals surface area contributed by atoms with Gasteiger partial charge in [-0.1, -0.05) is 64.0 Å². The summed E-state index contributed by atoms with van der Waals surface area (Å²) >= 11 is 0. The standard InChI is InChI=1S/C13H28O2.C4H8/c1-3-4-5-6-7-8-9-10-11-15-12-13(2)14;1-3-4-2/h13-14H,3-12H2,1-2H3;3-4H,1-2H3. The molecule has 0 amide bonds. The van der Waals surface area contributed by atoms with Gasteiger partial charge in [0, 0.05) is 6.61 Å². The van der Waals surface area contributed by atoms with E-state index in [-0.39, 0.29) is 6.10 Å². The zero-order chi connectivity index (χ0) is 14.8. The molecule has 116 valence electrons. The van der Waals surface area contributed by atoms with Crippen molar-refractivity contribution in [1.29, 1.82) is 0 Å². The Morgan fingerprint density at radius 3 is 1.79 bits per heavy atom. The molecule has 1 unspecified atom stereocenters. The average molecular weight is 272 g/mol. The second-order valence-corrected chi connectivity index (χ2v) is 5.07. The van der Waals surface area contributed by atoms with E-state index >= 15 is 0 Å². The van der Waals surface area contributed by atoms with E-state index in [9.17, 15) is 0 Å². The second-order valence-electron chi connectivity index (χ2n) is 5.07. The van der Waals surface area contributed by atoms with E-state index in [1.165, 1.54) is 44.9 Å². The molecule has 0 saturated heterocycles. The Labute approximate surface area is 121 Å². The molecule has 1 N–H and O–H groups in total.